The molecule has 150 valence electrons. The van der Waals surface area contributed by atoms with Crippen LogP contribution in [-0.2, 0) is 9.59 Å². The molecule has 1 heterocycles. The Labute approximate surface area is 167 Å². The first-order chi connectivity index (χ1) is 13.7. The molecule has 3 fully saturated rings. The molecule has 2 aliphatic carbocycles. The number of carbonyl (C=O) groups excluding carboxylic acids is 3. The second-order valence-corrected chi connectivity index (χ2v) is 8.51. The quantitative estimate of drug-likeness (QED) is 0.767. The summed E-state index contributed by atoms with van der Waals surface area (Å²) < 4.78 is 0. The van der Waals surface area contributed by atoms with Gasteiger partial charge in [-0.2, -0.15) is 0 Å². The molecule has 1 aromatic carbocycles. The van der Waals surface area contributed by atoms with Gasteiger partial charge < -0.3 is 0 Å². The zero-order chi connectivity index (χ0) is 19.5. The summed E-state index contributed by atoms with van der Waals surface area (Å²) in [6.07, 6.45) is 9.99. The van der Waals surface area contributed by atoms with Crippen LogP contribution in [0.2, 0.25) is 0 Å². The molecule has 4 rings (SSSR count). The fourth-order valence-electron chi connectivity index (χ4n) is 5.17. The van der Waals surface area contributed by atoms with E-state index in [1.807, 2.05) is 30.3 Å². The zero-order valence-corrected chi connectivity index (χ0v) is 16.5. The van der Waals surface area contributed by atoms with Crippen LogP contribution in [0.3, 0.4) is 0 Å². The number of amides is 4. The number of urea groups is 1. The number of carbonyl (C=O) groups is 3. The standard InChI is InChI=1S/C23H30N2O3/c26-21-16-20(17-10-4-1-5-11-17)22(27)25(19-14-8-3-9-15-19)23(28)24(21)18-12-6-2-7-13-18/h1,4-5,10-11,18-20H,2-3,6-9,12-16H2. The number of hydrogen-bond donors (Lipinski definition) is 0. The Morgan fingerprint density at radius 1 is 0.679 bits per heavy atom. The number of benzene rings is 1. The van der Waals surface area contributed by atoms with Gasteiger partial charge in [-0.05, 0) is 31.2 Å². The van der Waals surface area contributed by atoms with Crippen molar-refractivity contribution in [3.8, 4) is 0 Å². The van der Waals surface area contributed by atoms with E-state index in [0.717, 1.165) is 69.8 Å². The van der Waals surface area contributed by atoms with Crippen molar-refractivity contribution in [2.24, 2.45) is 0 Å². The van der Waals surface area contributed by atoms with E-state index in [2.05, 4.69) is 0 Å². The highest BCUT2D eigenvalue weighted by Crippen LogP contribution is 2.35. The van der Waals surface area contributed by atoms with E-state index in [1.165, 1.54) is 9.80 Å². The van der Waals surface area contributed by atoms with Gasteiger partial charge in [-0.25, -0.2) is 4.79 Å². The average molecular weight is 383 g/mol. The summed E-state index contributed by atoms with van der Waals surface area (Å²) in [5.74, 6) is -0.930. The van der Waals surface area contributed by atoms with Crippen molar-refractivity contribution in [2.75, 3.05) is 0 Å². The SMILES string of the molecule is O=C1CC(c2ccccc2)C(=O)N(C2CCCCC2)C(=O)N1C1CCCCC1. The van der Waals surface area contributed by atoms with Gasteiger partial charge in [-0.15, -0.1) is 0 Å². The molecule has 1 unspecified atom stereocenters. The molecule has 4 amide bonds. The normalized spacial score (nSPS) is 25.9. The second kappa shape index (κ2) is 8.46. The van der Waals surface area contributed by atoms with Crippen molar-refractivity contribution < 1.29 is 14.4 Å². The maximum absolute atomic E-state index is 13.6. The van der Waals surface area contributed by atoms with Crippen LogP contribution in [0.5, 0.6) is 0 Å². The molecule has 1 aromatic rings. The average Bonchev–Trinajstić information content (AvgIpc) is 2.83. The largest absolute Gasteiger partial charge is 0.333 e. The highest BCUT2D eigenvalue weighted by atomic mass is 16.2. The fraction of sp³-hybridized carbons (Fsp3) is 0.609. The Morgan fingerprint density at radius 3 is 1.79 bits per heavy atom. The molecular formula is C23H30N2O3. The second-order valence-electron chi connectivity index (χ2n) is 8.51. The molecular weight excluding hydrogens is 352 g/mol. The van der Waals surface area contributed by atoms with Gasteiger partial charge in [-0.1, -0.05) is 68.9 Å². The topological polar surface area (TPSA) is 57.7 Å². The molecule has 0 N–H and O–H groups in total. The third kappa shape index (κ3) is 3.71. The molecule has 5 nitrogen and oxygen atoms in total. The van der Waals surface area contributed by atoms with Gasteiger partial charge in [0.2, 0.25) is 11.8 Å². The van der Waals surface area contributed by atoms with Crippen LogP contribution in [0.25, 0.3) is 0 Å². The van der Waals surface area contributed by atoms with Crippen molar-refractivity contribution in [2.45, 2.75) is 88.6 Å². The van der Waals surface area contributed by atoms with Gasteiger partial charge in [0.15, 0.2) is 0 Å². The minimum Gasteiger partial charge on any atom is -0.274 e. The minimum absolute atomic E-state index is 0.0536. The summed E-state index contributed by atoms with van der Waals surface area (Å²) in [7, 11) is 0. The fourth-order valence-corrected chi connectivity index (χ4v) is 5.17. The van der Waals surface area contributed by atoms with Crippen molar-refractivity contribution in [1.29, 1.82) is 0 Å². The lowest BCUT2D eigenvalue weighted by molar-refractivity contribution is -0.133. The van der Waals surface area contributed by atoms with E-state index in [9.17, 15) is 14.4 Å². The third-order valence-electron chi connectivity index (χ3n) is 6.68. The van der Waals surface area contributed by atoms with Gasteiger partial charge in [0.05, 0.1) is 5.92 Å². The van der Waals surface area contributed by atoms with Crippen LogP contribution < -0.4 is 0 Å². The van der Waals surface area contributed by atoms with Crippen molar-refractivity contribution >= 4 is 17.8 Å². The number of nitrogens with zero attached hydrogens (tertiary/aromatic N) is 2. The van der Waals surface area contributed by atoms with Crippen LogP contribution in [0.15, 0.2) is 30.3 Å². The summed E-state index contributed by atoms with van der Waals surface area (Å²) in [5, 5.41) is 0. The van der Waals surface area contributed by atoms with Crippen LogP contribution in [0.4, 0.5) is 4.79 Å². The van der Waals surface area contributed by atoms with E-state index in [-0.39, 0.29) is 36.3 Å². The summed E-state index contributed by atoms with van der Waals surface area (Å²) in [5.41, 5.74) is 0.833. The Morgan fingerprint density at radius 2 is 1.21 bits per heavy atom. The smallest absolute Gasteiger partial charge is 0.274 e. The number of hydrogen-bond acceptors (Lipinski definition) is 3. The van der Waals surface area contributed by atoms with Crippen LogP contribution in [0, 0.1) is 0 Å². The van der Waals surface area contributed by atoms with Crippen molar-refractivity contribution in [1.82, 2.24) is 9.80 Å². The summed E-state index contributed by atoms with van der Waals surface area (Å²) in [6, 6.07) is 9.01. The summed E-state index contributed by atoms with van der Waals surface area (Å²) in [4.78, 5) is 43.3. The highest BCUT2D eigenvalue weighted by Gasteiger charge is 2.46. The van der Waals surface area contributed by atoms with Gasteiger partial charge in [-0.3, -0.25) is 19.4 Å². The Hall–Kier alpha value is -2.17. The molecule has 0 radical (unpaired) electrons. The van der Waals surface area contributed by atoms with Gasteiger partial charge in [0.25, 0.3) is 0 Å². The number of rotatable bonds is 3. The molecule has 0 aromatic heterocycles. The first-order valence-electron chi connectivity index (χ1n) is 10.9. The van der Waals surface area contributed by atoms with Gasteiger partial charge in [0.1, 0.15) is 0 Å². The lowest BCUT2D eigenvalue weighted by Crippen LogP contribution is -2.54. The highest BCUT2D eigenvalue weighted by molar-refractivity contribution is 6.08. The molecule has 1 saturated heterocycles. The van der Waals surface area contributed by atoms with Crippen LogP contribution in [-0.4, -0.2) is 39.7 Å². The van der Waals surface area contributed by atoms with Crippen LogP contribution >= 0.6 is 0 Å². The first kappa shape index (κ1) is 19.2. The molecule has 3 aliphatic rings. The third-order valence-corrected chi connectivity index (χ3v) is 6.68. The molecule has 1 atom stereocenters. The Kier molecular flexibility index (Phi) is 5.79. The lowest BCUT2D eigenvalue weighted by atomic mass is 9.90. The molecule has 0 spiro atoms. The first-order valence-corrected chi connectivity index (χ1v) is 10.9. The van der Waals surface area contributed by atoms with Crippen molar-refractivity contribution in [3.05, 3.63) is 35.9 Å². The molecule has 2 saturated carbocycles. The summed E-state index contributed by atoms with van der Waals surface area (Å²) >= 11 is 0. The molecule has 28 heavy (non-hydrogen) atoms. The Balaban J connectivity index is 1.70. The molecule has 0 bridgehead atoms. The van der Waals surface area contributed by atoms with Crippen LogP contribution in [0.1, 0.15) is 82.1 Å². The lowest BCUT2D eigenvalue weighted by Gasteiger charge is -2.38. The van der Waals surface area contributed by atoms with E-state index >= 15 is 0 Å². The summed E-state index contributed by atoms with van der Waals surface area (Å²) in [6.45, 7) is 0. The maximum atomic E-state index is 13.6. The van der Waals surface area contributed by atoms with Gasteiger partial charge >= 0.3 is 6.03 Å². The van der Waals surface area contributed by atoms with E-state index in [0.29, 0.717) is 0 Å². The van der Waals surface area contributed by atoms with E-state index < -0.39 is 5.92 Å². The van der Waals surface area contributed by atoms with Gasteiger partial charge in [0, 0.05) is 18.5 Å². The van der Waals surface area contributed by atoms with E-state index in [4.69, 9.17) is 0 Å². The Bertz CT molecular complexity index is 721. The monoisotopic (exact) mass is 382 g/mol. The predicted octanol–water partition coefficient (Wildman–Crippen LogP) is 4.62. The van der Waals surface area contributed by atoms with Crippen molar-refractivity contribution in [3.63, 3.8) is 0 Å². The maximum Gasteiger partial charge on any atom is 0.333 e. The zero-order valence-electron chi connectivity index (χ0n) is 16.5. The molecule has 5 heteroatoms. The minimum atomic E-state index is -0.562. The number of imide groups is 2. The van der Waals surface area contributed by atoms with E-state index in [1.54, 1.807) is 0 Å². The molecule has 1 aliphatic heterocycles. The predicted molar refractivity (Wildman–Crippen MR) is 107 cm³/mol.